The third kappa shape index (κ3) is 5.72. The van der Waals surface area contributed by atoms with Gasteiger partial charge in [0, 0.05) is 18.5 Å². The SMILES string of the molecule is Cc1nc(COc2cccc(/C=C/C(=O)N(C)C(C)c3ccc(-n4cncn4)cc3)c2)cs1. The van der Waals surface area contributed by atoms with Gasteiger partial charge in [-0.15, -0.1) is 11.3 Å². The zero-order valence-electron chi connectivity index (χ0n) is 18.8. The molecule has 0 aliphatic carbocycles. The molecule has 0 spiro atoms. The lowest BCUT2D eigenvalue weighted by molar-refractivity contribution is -0.126. The van der Waals surface area contributed by atoms with Crippen molar-refractivity contribution in [2.45, 2.75) is 26.5 Å². The van der Waals surface area contributed by atoms with Crippen LogP contribution >= 0.6 is 11.3 Å². The van der Waals surface area contributed by atoms with Gasteiger partial charge in [-0.25, -0.2) is 14.6 Å². The van der Waals surface area contributed by atoms with Crippen molar-refractivity contribution in [3.8, 4) is 11.4 Å². The van der Waals surface area contributed by atoms with E-state index in [9.17, 15) is 4.79 Å². The Morgan fingerprint density at radius 3 is 2.76 bits per heavy atom. The molecule has 168 valence electrons. The van der Waals surface area contributed by atoms with Crippen LogP contribution < -0.4 is 4.74 Å². The molecule has 1 atom stereocenters. The highest BCUT2D eigenvalue weighted by molar-refractivity contribution is 7.09. The van der Waals surface area contributed by atoms with Crippen LogP contribution in [-0.4, -0.2) is 37.6 Å². The normalized spacial score (nSPS) is 12.1. The van der Waals surface area contributed by atoms with Crippen LogP contribution in [0.25, 0.3) is 11.8 Å². The molecule has 1 amide bonds. The van der Waals surface area contributed by atoms with Crippen LogP contribution in [0.3, 0.4) is 0 Å². The number of hydrogen-bond acceptors (Lipinski definition) is 6. The van der Waals surface area contributed by atoms with Crippen molar-refractivity contribution in [1.29, 1.82) is 0 Å². The first-order valence-corrected chi connectivity index (χ1v) is 11.4. The van der Waals surface area contributed by atoms with Gasteiger partial charge in [0.2, 0.25) is 5.91 Å². The monoisotopic (exact) mass is 459 g/mol. The van der Waals surface area contributed by atoms with Crippen molar-refractivity contribution in [2.24, 2.45) is 0 Å². The maximum Gasteiger partial charge on any atom is 0.246 e. The molecule has 4 rings (SSSR count). The third-order valence-electron chi connectivity index (χ3n) is 5.32. The van der Waals surface area contributed by atoms with Gasteiger partial charge in [0.25, 0.3) is 0 Å². The number of aromatic nitrogens is 4. The Morgan fingerprint density at radius 1 is 1.24 bits per heavy atom. The molecule has 8 heteroatoms. The average molecular weight is 460 g/mol. The Hall–Kier alpha value is -3.78. The molecule has 7 nitrogen and oxygen atoms in total. The first kappa shape index (κ1) is 22.4. The zero-order valence-corrected chi connectivity index (χ0v) is 19.6. The van der Waals surface area contributed by atoms with Crippen molar-refractivity contribution in [3.63, 3.8) is 0 Å². The fraction of sp³-hybridized carbons (Fsp3) is 0.200. The van der Waals surface area contributed by atoms with Crippen LogP contribution in [0.2, 0.25) is 0 Å². The number of aryl methyl sites for hydroxylation is 1. The molecule has 0 saturated carbocycles. The molecule has 0 radical (unpaired) electrons. The second-order valence-corrected chi connectivity index (χ2v) is 8.67. The highest BCUT2D eigenvalue weighted by atomic mass is 32.1. The summed E-state index contributed by atoms with van der Waals surface area (Å²) in [7, 11) is 1.80. The van der Waals surface area contributed by atoms with Crippen LogP contribution in [0, 0.1) is 6.92 Å². The summed E-state index contributed by atoms with van der Waals surface area (Å²) in [6.07, 6.45) is 6.54. The summed E-state index contributed by atoms with van der Waals surface area (Å²) in [6, 6.07) is 15.5. The number of carbonyl (C=O) groups excluding carboxylic acids is 1. The van der Waals surface area contributed by atoms with E-state index in [0.717, 1.165) is 33.3 Å². The zero-order chi connectivity index (χ0) is 23.2. The van der Waals surface area contributed by atoms with Gasteiger partial charge >= 0.3 is 0 Å². The van der Waals surface area contributed by atoms with E-state index >= 15 is 0 Å². The molecule has 0 fully saturated rings. The van der Waals surface area contributed by atoms with Gasteiger partial charge in [-0.3, -0.25) is 4.79 Å². The second-order valence-electron chi connectivity index (χ2n) is 7.61. The standard InChI is InChI=1S/C25H25N5O2S/c1-18(21-8-10-23(11-9-21)30-17-26-16-27-30)29(3)25(31)12-7-20-5-4-6-24(13-20)32-14-22-15-33-19(2)28-22/h4-13,15-18H,14H2,1-3H3/b12-7+. The number of ether oxygens (including phenoxy) is 1. The number of hydrogen-bond donors (Lipinski definition) is 0. The van der Waals surface area contributed by atoms with E-state index in [4.69, 9.17) is 4.74 Å². The van der Waals surface area contributed by atoms with Crippen LogP contribution in [0.1, 0.15) is 34.8 Å². The molecule has 1 unspecified atom stereocenters. The Kier molecular flexibility index (Phi) is 6.95. The number of likely N-dealkylation sites (N-methyl/N-ethyl adjacent to an activating group) is 1. The molecule has 0 saturated heterocycles. The number of amides is 1. The summed E-state index contributed by atoms with van der Waals surface area (Å²) < 4.78 is 7.53. The average Bonchev–Trinajstić information content (AvgIpc) is 3.53. The van der Waals surface area contributed by atoms with E-state index in [1.807, 2.05) is 67.8 Å². The molecule has 2 aromatic carbocycles. The highest BCUT2D eigenvalue weighted by Gasteiger charge is 2.15. The van der Waals surface area contributed by atoms with Gasteiger partial charge in [0.15, 0.2) is 0 Å². The first-order valence-electron chi connectivity index (χ1n) is 10.5. The molecule has 0 bridgehead atoms. The summed E-state index contributed by atoms with van der Waals surface area (Å²) in [6.45, 7) is 4.40. The lowest BCUT2D eigenvalue weighted by Gasteiger charge is -2.24. The largest absolute Gasteiger partial charge is 0.487 e. The number of carbonyl (C=O) groups is 1. The lowest BCUT2D eigenvalue weighted by atomic mass is 10.1. The van der Waals surface area contributed by atoms with Gasteiger partial charge in [0.05, 0.1) is 22.4 Å². The highest BCUT2D eigenvalue weighted by Crippen LogP contribution is 2.21. The molecule has 33 heavy (non-hydrogen) atoms. The molecule has 0 aliphatic rings. The van der Waals surface area contributed by atoms with E-state index in [1.165, 1.54) is 6.33 Å². The van der Waals surface area contributed by atoms with Crippen molar-refractivity contribution < 1.29 is 9.53 Å². The van der Waals surface area contributed by atoms with E-state index in [2.05, 4.69) is 15.1 Å². The van der Waals surface area contributed by atoms with Crippen molar-refractivity contribution in [1.82, 2.24) is 24.6 Å². The van der Waals surface area contributed by atoms with Crippen molar-refractivity contribution >= 4 is 23.3 Å². The van der Waals surface area contributed by atoms with Crippen LogP contribution in [-0.2, 0) is 11.4 Å². The summed E-state index contributed by atoms with van der Waals surface area (Å²) in [5.74, 6) is 0.663. The van der Waals surface area contributed by atoms with Crippen LogP contribution in [0.4, 0.5) is 0 Å². The minimum Gasteiger partial charge on any atom is -0.487 e. The fourth-order valence-electron chi connectivity index (χ4n) is 3.29. The van der Waals surface area contributed by atoms with E-state index in [0.29, 0.717) is 6.61 Å². The molecule has 4 aromatic rings. The molecule has 0 aliphatic heterocycles. The van der Waals surface area contributed by atoms with Gasteiger partial charge in [-0.2, -0.15) is 5.10 Å². The van der Waals surface area contributed by atoms with Gasteiger partial charge in [0.1, 0.15) is 25.0 Å². The van der Waals surface area contributed by atoms with Gasteiger partial charge < -0.3 is 9.64 Å². The van der Waals surface area contributed by atoms with Crippen molar-refractivity contribution in [2.75, 3.05) is 7.05 Å². The third-order valence-corrected chi connectivity index (χ3v) is 6.14. The summed E-state index contributed by atoms with van der Waals surface area (Å²) >= 11 is 1.61. The maximum atomic E-state index is 12.8. The maximum absolute atomic E-state index is 12.8. The Morgan fingerprint density at radius 2 is 2.06 bits per heavy atom. The molecular formula is C25H25N5O2S. The smallest absolute Gasteiger partial charge is 0.246 e. The lowest BCUT2D eigenvalue weighted by Crippen LogP contribution is -2.27. The molecule has 2 aromatic heterocycles. The Balaban J connectivity index is 1.36. The minimum atomic E-state index is -0.0804. The number of benzene rings is 2. The minimum absolute atomic E-state index is 0.0767. The van der Waals surface area contributed by atoms with Crippen molar-refractivity contribution in [3.05, 3.63) is 94.5 Å². The Labute approximate surface area is 197 Å². The summed E-state index contributed by atoms with van der Waals surface area (Å²) in [4.78, 5) is 22.8. The van der Waals surface area contributed by atoms with Crippen LogP contribution in [0.15, 0.2) is 72.6 Å². The predicted molar refractivity (Wildman–Crippen MR) is 129 cm³/mol. The van der Waals surface area contributed by atoms with Crippen LogP contribution in [0.5, 0.6) is 5.75 Å². The van der Waals surface area contributed by atoms with Gasteiger partial charge in [-0.05, 0) is 55.3 Å². The van der Waals surface area contributed by atoms with E-state index in [-0.39, 0.29) is 11.9 Å². The quantitative estimate of drug-likeness (QED) is 0.353. The Bertz CT molecular complexity index is 1230. The number of thiazole rings is 1. The van der Waals surface area contributed by atoms with Gasteiger partial charge in [-0.1, -0.05) is 24.3 Å². The predicted octanol–water partition coefficient (Wildman–Crippen LogP) is 4.84. The topological polar surface area (TPSA) is 73.1 Å². The summed E-state index contributed by atoms with van der Waals surface area (Å²) in [5, 5.41) is 7.15. The number of rotatable bonds is 8. The van der Waals surface area contributed by atoms with E-state index in [1.54, 1.807) is 46.4 Å². The molecule has 0 N–H and O–H groups in total. The molecule has 2 heterocycles. The first-order chi connectivity index (χ1) is 16.0. The molecular weight excluding hydrogens is 434 g/mol. The summed E-state index contributed by atoms with van der Waals surface area (Å²) in [5.41, 5.74) is 3.77. The fourth-order valence-corrected chi connectivity index (χ4v) is 3.88. The number of nitrogens with zero attached hydrogens (tertiary/aromatic N) is 5. The second kappa shape index (κ2) is 10.2. The van der Waals surface area contributed by atoms with E-state index < -0.39 is 0 Å².